The minimum atomic E-state index is -0.571. The van der Waals surface area contributed by atoms with Gasteiger partial charge in [-0.1, -0.05) is 30.3 Å². The summed E-state index contributed by atoms with van der Waals surface area (Å²) < 4.78 is 4.77. The average molecular weight is 362 g/mol. The molecule has 3 rings (SSSR count). The molecule has 0 amide bonds. The fourth-order valence-corrected chi connectivity index (χ4v) is 3.21. The number of rotatable bonds is 1. The molecule has 0 unspecified atom stereocenters. The zero-order chi connectivity index (χ0) is 20.3. The van der Waals surface area contributed by atoms with Gasteiger partial charge in [0, 0.05) is 10.4 Å². The number of ether oxygens (including phenoxy) is 1. The normalized spacial score (nSPS) is 12.2. The van der Waals surface area contributed by atoms with Crippen LogP contribution in [-0.4, -0.2) is 13.1 Å². The van der Waals surface area contributed by atoms with Gasteiger partial charge in [0.1, 0.15) is 0 Å². The largest absolute Gasteiger partial charge is 0.465 e. The van der Waals surface area contributed by atoms with Crippen LogP contribution in [-0.2, 0) is 4.74 Å². The van der Waals surface area contributed by atoms with E-state index in [2.05, 4.69) is 9.69 Å². The quantitative estimate of drug-likeness (QED) is 0.379. The molecule has 6 nitrogen and oxygen atoms in total. The molecule has 0 aliphatic rings. The van der Waals surface area contributed by atoms with Crippen LogP contribution >= 0.6 is 0 Å². The summed E-state index contributed by atoms with van der Waals surface area (Å²) in [5.74, 6) is -0.571. The summed E-state index contributed by atoms with van der Waals surface area (Å²) in [7, 11) is 1.26. The van der Waals surface area contributed by atoms with Crippen molar-refractivity contribution in [3.8, 4) is 12.1 Å². The molecule has 0 atom stereocenters. The van der Waals surface area contributed by atoms with Crippen LogP contribution in [0.5, 0.6) is 0 Å². The van der Waals surface area contributed by atoms with Crippen molar-refractivity contribution in [3.63, 3.8) is 0 Å². The van der Waals surface area contributed by atoms with Crippen LogP contribution in [0.2, 0.25) is 0 Å². The maximum absolute atomic E-state index is 12.0. The Morgan fingerprint density at radius 2 is 1.39 bits per heavy atom. The smallest absolute Gasteiger partial charge is 0.337 e. The number of nitriles is 2. The van der Waals surface area contributed by atoms with Crippen molar-refractivity contribution < 1.29 is 9.53 Å². The standard InChI is InChI=1S/C22H10N4O2/c1-25-18(11-23)20-14-6-4-5-7-15(14)21(19(12-24)26-2)17-10-13(22(27)28-3)8-9-16(17)20/h4-10H,3H3. The van der Waals surface area contributed by atoms with Gasteiger partial charge < -0.3 is 4.74 Å². The zero-order valence-electron chi connectivity index (χ0n) is 14.6. The molecule has 3 aromatic rings. The lowest BCUT2D eigenvalue weighted by atomic mass is 9.94. The monoisotopic (exact) mass is 362 g/mol. The Labute approximate surface area is 160 Å². The number of carbonyl (C=O) groups excluding carboxylic acids is 1. The van der Waals surface area contributed by atoms with Gasteiger partial charge in [0.05, 0.1) is 38.0 Å². The first kappa shape index (κ1) is 18.2. The van der Waals surface area contributed by atoms with E-state index >= 15 is 0 Å². The number of nitrogens with zero attached hydrogens (tertiary/aromatic N) is 4. The number of esters is 1. The van der Waals surface area contributed by atoms with Crippen molar-refractivity contribution in [1.82, 2.24) is 0 Å². The van der Waals surface area contributed by atoms with E-state index in [9.17, 15) is 15.3 Å². The van der Waals surface area contributed by atoms with Crippen molar-refractivity contribution in [2.24, 2.45) is 0 Å². The maximum Gasteiger partial charge on any atom is 0.337 e. The van der Waals surface area contributed by atoms with E-state index in [0.717, 1.165) is 0 Å². The molecule has 0 spiro atoms. The first-order valence-corrected chi connectivity index (χ1v) is 7.97. The molecule has 6 heteroatoms. The minimum absolute atomic E-state index is 0.111. The molecule has 0 fully saturated rings. The molecule has 0 heterocycles. The molecule has 0 aliphatic carbocycles. The van der Waals surface area contributed by atoms with Crippen LogP contribution in [0.3, 0.4) is 0 Å². The van der Waals surface area contributed by atoms with Crippen LogP contribution < -0.4 is 10.4 Å². The zero-order valence-corrected chi connectivity index (χ0v) is 14.6. The third-order valence-electron chi connectivity index (χ3n) is 4.35. The Morgan fingerprint density at radius 1 is 0.893 bits per heavy atom. The van der Waals surface area contributed by atoms with Crippen molar-refractivity contribution in [2.45, 2.75) is 0 Å². The predicted molar refractivity (Wildman–Crippen MR) is 103 cm³/mol. The lowest BCUT2D eigenvalue weighted by molar-refractivity contribution is 0.0601. The molecular weight excluding hydrogens is 352 g/mol. The van der Waals surface area contributed by atoms with Gasteiger partial charge in [0.15, 0.2) is 0 Å². The third-order valence-corrected chi connectivity index (χ3v) is 4.35. The van der Waals surface area contributed by atoms with Crippen molar-refractivity contribution in [2.75, 3.05) is 7.11 Å². The Balaban J connectivity index is 2.86. The summed E-state index contributed by atoms with van der Waals surface area (Å²) in [6, 6.07) is 15.4. The second-order valence-electron chi connectivity index (χ2n) is 5.69. The molecule has 0 aliphatic heterocycles. The summed E-state index contributed by atoms with van der Waals surface area (Å²) in [5.41, 5.74) is -0.0166. The number of fused-ring (bicyclic) bond motifs is 2. The first-order chi connectivity index (χ1) is 13.6. The summed E-state index contributed by atoms with van der Waals surface area (Å²) in [5, 5.41) is 21.8. The minimum Gasteiger partial charge on any atom is -0.465 e. The van der Waals surface area contributed by atoms with Crippen LogP contribution in [0.1, 0.15) is 10.4 Å². The summed E-state index contributed by atoms with van der Waals surface area (Å²) in [6.07, 6.45) is 0. The fourth-order valence-electron chi connectivity index (χ4n) is 3.21. The van der Waals surface area contributed by atoms with E-state index in [1.54, 1.807) is 30.3 Å². The lowest BCUT2D eigenvalue weighted by Gasteiger charge is -2.10. The third kappa shape index (κ3) is 2.69. The van der Waals surface area contributed by atoms with E-state index in [-0.39, 0.29) is 17.0 Å². The van der Waals surface area contributed by atoms with Gasteiger partial charge >= 0.3 is 5.97 Å². The summed E-state index contributed by atoms with van der Waals surface area (Å²) in [6.45, 7) is 14.8. The first-order valence-electron chi connectivity index (χ1n) is 7.97. The van der Waals surface area contributed by atoms with Gasteiger partial charge in [0.25, 0.3) is 11.4 Å². The molecule has 0 radical (unpaired) electrons. The van der Waals surface area contributed by atoms with E-state index in [0.29, 0.717) is 32.0 Å². The molecular formula is C22H10N4O2. The van der Waals surface area contributed by atoms with Crippen LogP contribution in [0.4, 0.5) is 0 Å². The van der Waals surface area contributed by atoms with Crippen molar-refractivity contribution in [1.29, 1.82) is 10.5 Å². The summed E-state index contributed by atoms with van der Waals surface area (Å²) >= 11 is 0. The van der Waals surface area contributed by atoms with Gasteiger partial charge in [-0.3, -0.25) is 0 Å². The van der Waals surface area contributed by atoms with E-state index in [1.807, 2.05) is 12.1 Å². The molecule has 28 heavy (non-hydrogen) atoms. The summed E-state index contributed by atoms with van der Waals surface area (Å²) in [4.78, 5) is 18.7. The number of benzene rings is 3. The Hall–Kier alpha value is -4.65. The highest BCUT2D eigenvalue weighted by molar-refractivity contribution is 6.06. The SMILES string of the molecule is [C-]#[N+]C(C#N)=c1c2ccccc2c(=C(C#N)[N+]#[C-])c2cc(C(=O)OC)ccc12. The predicted octanol–water partition coefficient (Wildman–Crippen LogP) is 2.88. The molecule has 3 aromatic carbocycles. The maximum atomic E-state index is 12.0. The number of hydrogen-bond acceptors (Lipinski definition) is 4. The number of carbonyl (C=O) groups is 1. The van der Waals surface area contributed by atoms with Gasteiger partial charge in [-0.15, -0.1) is 0 Å². The highest BCUT2D eigenvalue weighted by Gasteiger charge is 2.14. The van der Waals surface area contributed by atoms with Crippen molar-refractivity contribution in [3.05, 3.63) is 81.3 Å². The molecule has 0 saturated carbocycles. The molecule has 0 saturated heterocycles. The van der Waals surface area contributed by atoms with E-state index in [4.69, 9.17) is 17.9 Å². The van der Waals surface area contributed by atoms with Crippen LogP contribution in [0.25, 0.3) is 42.6 Å². The Bertz CT molecular complexity index is 1420. The van der Waals surface area contributed by atoms with Gasteiger partial charge in [-0.25, -0.2) is 25.0 Å². The average Bonchev–Trinajstić information content (AvgIpc) is 2.75. The molecule has 0 bridgehead atoms. The highest BCUT2D eigenvalue weighted by atomic mass is 16.5. The fraction of sp³-hybridized carbons (Fsp3) is 0.0455. The molecule has 0 N–H and O–H groups in total. The van der Waals surface area contributed by atoms with Crippen LogP contribution in [0, 0.1) is 35.8 Å². The van der Waals surface area contributed by atoms with E-state index < -0.39 is 5.97 Å². The van der Waals surface area contributed by atoms with Crippen LogP contribution in [0.15, 0.2) is 42.5 Å². The second-order valence-corrected chi connectivity index (χ2v) is 5.69. The molecule has 0 aromatic heterocycles. The van der Waals surface area contributed by atoms with E-state index in [1.165, 1.54) is 19.2 Å². The molecule has 130 valence electrons. The number of hydrogen-bond donors (Lipinski definition) is 0. The number of methoxy groups -OCH3 is 1. The second kappa shape index (κ2) is 7.30. The Morgan fingerprint density at radius 3 is 1.86 bits per heavy atom. The van der Waals surface area contributed by atoms with Gasteiger partial charge in [-0.05, 0) is 33.7 Å². The van der Waals surface area contributed by atoms with Gasteiger partial charge in [0.2, 0.25) is 0 Å². The van der Waals surface area contributed by atoms with Crippen molar-refractivity contribution >= 4 is 38.9 Å². The highest BCUT2D eigenvalue weighted by Crippen LogP contribution is 2.19. The Kier molecular flexibility index (Phi) is 4.73. The lowest BCUT2D eigenvalue weighted by Crippen LogP contribution is -2.18. The topological polar surface area (TPSA) is 82.6 Å². The van der Waals surface area contributed by atoms with Gasteiger partial charge in [-0.2, -0.15) is 0 Å².